The van der Waals surface area contributed by atoms with E-state index < -0.39 is 0 Å². The molecule has 0 radical (unpaired) electrons. The van der Waals surface area contributed by atoms with Crippen LogP contribution in [0.15, 0.2) is 40.9 Å². The molecule has 6 nitrogen and oxygen atoms in total. The number of morpholine rings is 1. The highest BCUT2D eigenvalue weighted by atomic mass is 16.5. The Hall–Kier alpha value is -2.18. The van der Waals surface area contributed by atoms with E-state index in [-0.39, 0.29) is 18.1 Å². The van der Waals surface area contributed by atoms with Crippen molar-refractivity contribution >= 4 is 5.91 Å². The molecule has 0 unspecified atom stereocenters. The number of ether oxygens (including phenoxy) is 2. The maximum absolute atomic E-state index is 12.8. The molecule has 1 aliphatic heterocycles. The molecule has 4 rings (SSSR count). The molecule has 0 spiro atoms. The number of hydrogen-bond acceptors (Lipinski definition) is 5. The molecule has 2 fully saturated rings. The lowest BCUT2D eigenvalue weighted by Crippen LogP contribution is -2.51. The summed E-state index contributed by atoms with van der Waals surface area (Å²) in [6, 6.07) is 9.50. The molecular formula is C20H24N2O4. The second-order valence-electron chi connectivity index (χ2n) is 7.06. The topological polar surface area (TPSA) is 64.8 Å². The summed E-state index contributed by atoms with van der Waals surface area (Å²) in [5, 5.41) is 0. The average Bonchev–Trinajstić information content (AvgIpc) is 3.27. The average molecular weight is 356 g/mol. The lowest BCUT2D eigenvalue weighted by atomic mass is 10.1. The highest BCUT2D eigenvalue weighted by molar-refractivity contribution is 5.92. The van der Waals surface area contributed by atoms with E-state index in [1.807, 2.05) is 36.1 Å². The zero-order chi connectivity index (χ0) is 17.9. The molecule has 3 heterocycles. The Balaban J connectivity index is 1.34. The molecule has 1 saturated carbocycles. The molecule has 2 aromatic rings. The lowest BCUT2D eigenvalue weighted by molar-refractivity contribution is -0.0459. The Kier molecular flexibility index (Phi) is 5.04. The first-order valence-corrected chi connectivity index (χ1v) is 9.17. The van der Waals surface area contributed by atoms with E-state index in [2.05, 4.69) is 4.98 Å². The first kappa shape index (κ1) is 17.2. The maximum atomic E-state index is 12.8. The van der Waals surface area contributed by atoms with Crippen LogP contribution in [-0.4, -0.2) is 47.7 Å². The predicted molar refractivity (Wildman–Crippen MR) is 94.6 cm³/mol. The summed E-state index contributed by atoms with van der Waals surface area (Å²) in [7, 11) is 0. The van der Waals surface area contributed by atoms with Crippen molar-refractivity contribution in [1.29, 1.82) is 0 Å². The lowest BCUT2D eigenvalue weighted by Gasteiger charge is -2.37. The van der Waals surface area contributed by atoms with E-state index in [4.69, 9.17) is 13.9 Å². The number of rotatable bonds is 5. The number of furan rings is 1. The number of amides is 1. The number of aryl methyl sites for hydroxylation is 1. The zero-order valence-corrected chi connectivity index (χ0v) is 15.0. The van der Waals surface area contributed by atoms with Crippen LogP contribution < -0.4 is 0 Å². The minimum Gasteiger partial charge on any atom is -0.456 e. The van der Waals surface area contributed by atoms with Crippen molar-refractivity contribution in [2.75, 3.05) is 19.8 Å². The minimum atomic E-state index is -0.0357. The van der Waals surface area contributed by atoms with Gasteiger partial charge in [-0.2, -0.15) is 0 Å². The van der Waals surface area contributed by atoms with Crippen LogP contribution in [0.5, 0.6) is 0 Å². The van der Waals surface area contributed by atoms with Gasteiger partial charge in [0.1, 0.15) is 5.76 Å². The van der Waals surface area contributed by atoms with Crippen molar-refractivity contribution in [3.05, 3.63) is 53.7 Å². The predicted octanol–water partition coefficient (Wildman–Crippen LogP) is 2.82. The van der Waals surface area contributed by atoms with Crippen LogP contribution in [-0.2, 0) is 16.1 Å². The molecule has 6 heteroatoms. The van der Waals surface area contributed by atoms with Gasteiger partial charge in [0.2, 0.25) is 0 Å². The Morgan fingerprint density at radius 2 is 2.23 bits per heavy atom. The number of nitrogens with zero attached hydrogens (tertiary/aromatic N) is 2. The van der Waals surface area contributed by atoms with Crippen LogP contribution in [0.3, 0.4) is 0 Å². The fourth-order valence-corrected chi connectivity index (χ4v) is 3.94. The summed E-state index contributed by atoms with van der Waals surface area (Å²) in [4.78, 5) is 19.0. The van der Waals surface area contributed by atoms with Crippen LogP contribution in [0.2, 0.25) is 0 Å². The molecular weight excluding hydrogens is 332 g/mol. The van der Waals surface area contributed by atoms with E-state index in [1.165, 1.54) is 0 Å². The van der Waals surface area contributed by atoms with Gasteiger partial charge in [0.05, 0.1) is 37.7 Å². The number of aromatic nitrogens is 1. The molecule has 26 heavy (non-hydrogen) atoms. The van der Waals surface area contributed by atoms with E-state index in [1.54, 1.807) is 12.3 Å². The summed E-state index contributed by atoms with van der Waals surface area (Å²) < 4.78 is 17.3. The van der Waals surface area contributed by atoms with E-state index in [9.17, 15) is 4.79 Å². The fourth-order valence-electron chi connectivity index (χ4n) is 3.94. The van der Waals surface area contributed by atoms with Crippen molar-refractivity contribution in [3.63, 3.8) is 0 Å². The summed E-state index contributed by atoms with van der Waals surface area (Å²) in [5.41, 5.74) is 0.934. The Labute approximate surface area is 153 Å². The van der Waals surface area contributed by atoms with Crippen LogP contribution >= 0.6 is 0 Å². The summed E-state index contributed by atoms with van der Waals surface area (Å²) in [6.45, 7) is 4.22. The first-order valence-electron chi connectivity index (χ1n) is 9.17. The second kappa shape index (κ2) is 7.60. The number of carbonyl (C=O) groups is 1. The van der Waals surface area contributed by atoms with Gasteiger partial charge >= 0.3 is 0 Å². The van der Waals surface area contributed by atoms with Crippen molar-refractivity contribution in [3.8, 4) is 0 Å². The molecule has 3 atom stereocenters. The van der Waals surface area contributed by atoms with Gasteiger partial charge in [-0.3, -0.25) is 9.78 Å². The summed E-state index contributed by atoms with van der Waals surface area (Å²) in [5.74, 6) is 1.52. The third kappa shape index (κ3) is 3.66. The largest absolute Gasteiger partial charge is 0.456 e. The molecule has 0 aromatic carbocycles. The van der Waals surface area contributed by atoms with Crippen molar-refractivity contribution in [1.82, 2.24) is 9.88 Å². The van der Waals surface area contributed by atoms with Gasteiger partial charge in [0, 0.05) is 12.7 Å². The standard InChI is InChI=1S/C20H24N2O4/c1-14-5-6-18(26-14)20(23)22-8-9-25-19-11-15(10-17(19)22)12-24-13-16-4-2-3-7-21-16/h2-7,15,17,19H,8-13H2,1H3/t15-,17+,19+/m0/s1. The van der Waals surface area contributed by atoms with Gasteiger partial charge in [-0.25, -0.2) is 0 Å². The first-order chi connectivity index (χ1) is 12.7. The van der Waals surface area contributed by atoms with Gasteiger partial charge in [-0.05, 0) is 49.9 Å². The SMILES string of the molecule is Cc1ccc(C(=O)N2CCO[C@@H]3C[C@@H](COCc4ccccn4)C[C@H]32)o1. The zero-order valence-electron chi connectivity index (χ0n) is 15.0. The van der Waals surface area contributed by atoms with Crippen molar-refractivity contribution < 1.29 is 18.7 Å². The van der Waals surface area contributed by atoms with Crippen LogP contribution in [0.4, 0.5) is 0 Å². The summed E-state index contributed by atoms with van der Waals surface area (Å²) in [6.07, 6.45) is 3.69. The van der Waals surface area contributed by atoms with E-state index in [0.29, 0.717) is 38.0 Å². The Morgan fingerprint density at radius 3 is 3.00 bits per heavy atom. The van der Waals surface area contributed by atoms with Gasteiger partial charge in [-0.1, -0.05) is 6.07 Å². The summed E-state index contributed by atoms with van der Waals surface area (Å²) >= 11 is 0. The third-order valence-electron chi connectivity index (χ3n) is 5.18. The molecule has 0 bridgehead atoms. The molecule has 2 aliphatic rings. The van der Waals surface area contributed by atoms with Gasteiger partial charge < -0.3 is 18.8 Å². The second-order valence-corrected chi connectivity index (χ2v) is 7.06. The van der Waals surface area contributed by atoms with Gasteiger partial charge in [-0.15, -0.1) is 0 Å². The van der Waals surface area contributed by atoms with Crippen LogP contribution in [0.25, 0.3) is 0 Å². The molecule has 1 amide bonds. The van der Waals surface area contributed by atoms with E-state index >= 15 is 0 Å². The van der Waals surface area contributed by atoms with E-state index in [0.717, 1.165) is 24.3 Å². The molecule has 2 aromatic heterocycles. The van der Waals surface area contributed by atoms with Crippen molar-refractivity contribution in [2.24, 2.45) is 5.92 Å². The monoisotopic (exact) mass is 356 g/mol. The quantitative estimate of drug-likeness (QED) is 0.824. The number of carbonyl (C=O) groups excluding carboxylic acids is 1. The van der Waals surface area contributed by atoms with Crippen LogP contribution in [0, 0.1) is 12.8 Å². The minimum absolute atomic E-state index is 0.0357. The highest BCUT2D eigenvalue weighted by Crippen LogP contribution is 2.35. The molecule has 138 valence electrons. The molecule has 0 N–H and O–H groups in total. The normalized spacial score (nSPS) is 25.3. The van der Waals surface area contributed by atoms with Crippen molar-refractivity contribution in [2.45, 2.75) is 38.5 Å². The molecule has 1 saturated heterocycles. The number of fused-ring (bicyclic) bond motifs is 1. The van der Waals surface area contributed by atoms with Gasteiger partial charge in [0.25, 0.3) is 5.91 Å². The molecule has 1 aliphatic carbocycles. The Morgan fingerprint density at radius 1 is 1.31 bits per heavy atom. The third-order valence-corrected chi connectivity index (χ3v) is 5.18. The fraction of sp³-hybridized carbons (Fsp3) is 0.500. The number of pyridine rings is 1. The maximum Gasteiger partial charge on any atom is 0.289 e. The smallest absolute Gasteiger partial charge is 0.289 e. The highest BCUT2D eigenvalue weighted by Gasteiger charge is 2.43. The van der Waals surface area contributed by atoms with Gasteiger partial charge in [0.15, 0.2) is 5.76 Å². The number of hydrogen-bond donors (Lipinski definition) is 0. The van der Waals surface area contributed by atoms with Crippen LogP contribution in [0.1, 0.15) is 34.9 Å². The Bertz CT molecular complexity index is 745.